The Morgan fingerprint density at radius 1 is 1.11 bits per heavy atom. The van der Waals surface area contributed by atoms with Crippen LogP contribution in [0.5, 0.6) is 5.06 Å². The molecule has 2 unspecified atom stereocenters. The van der Waals surface area contributed by atoms with Crippen LogP contribution in [0, 0.1) is 0 Å². The molecule has 6 heteroatoms. The van der Waals surface area contributed by atoms with E-state index in [1.54, 1.807) is 11.3 Å². The zero-order valence-corrected chi connectivity index (χ0v) is 15.5. The van der Waals surface area contributed by atoms with Crippen LogP contribution >= 0.6 is 59.1 Å². The number of hydrogen-bond donors (Lipinski definition) is 0. The van der Waals surface area contributed by atoms with Crippen molar-refractivity contribution in [1.82, 2.24) is 4.90 Å². The van der Waals surface area contributed by atoms with E-state index in [-0.39, 0.29) is 0 Å². The van der Waals surface area contributed by atoms with E-state index in [4.69, 9.17) is 4.74 Å². The third-order valence-corrected chi connectivity index (χ3v) is 8.95. The molecule has 0 amide bonds. The molecule has 0 N–H and O–H groups in total. The summed E-state index contributed by atoms with van der Waals surface area (Å²) in [6, 6.07) is 1.44. The molecule has 2 saturated heterocycles. The van der Waals surface area contributed by atoms with Crippen molar-refractivity contribution in [3.63, 3.8) is 0 Å². The molecule has 0 radical (unpaired) electrons. The van der Waals surface area contributed by atoms with Gasteiger partial charge in [-0.25, -0.2) is 0 Å². The molecule has 2 bridgehead atoms. The summed E-state index contributed by atoms with van der Waals surface area (Å²) in [5, 5.41) is 0.989. The molecule has 1 aromatic rings. The number of ether oxygens (including phenoxy) is 1. The standard InChI is InChI=1S/C12H14Br3NOS/c1-16-6-2-3-7(16)5-8(4-6)17-12-10(14)9(13)11(15)18-12/h6-8H,2-5H2,1H3. The molecular weight excluding hydrogens is 446 g/mol. The van der Waals surface area contributed by atoms with Crippen molar-refractivity contribution >= 4 is 59.1 Å². The first-order valence-electron chi connectivity index (χ1n) is 6.08. The van der Waals surface area contributed by atoms with Crippen molar-refractivity contribution in [1.29, 1.82) is 0 Å². The number of rotatable bonds is 2. The maximum Gasteiger partial charge on any atom is 0.190 e. The van der Waals surface area contributed by atoms with Gasteiger partial charge in [0, 0.05) is 12.1 Å². The Morgan fingerprint density at radius 2 is 1.72 bits per heavy atom. The number of hydrogen-bond acceptors (Lipinski definition) is 3. The minimum absolute atomic E-state index is 0.368. The monoisotopic (exact) mass is 457 g/mol. The van der Waals surface area contributed by atoms with Crippen molar-refractivity contribution in [3.8, 4) is 5.06 Å². The van der Waals surface area contributed by atoms with Crippen LogP contribution in [0.1, 0.15) is 25.7 Å². The van der Waals surface area contributed by atoms with E-state index in [0.717, 1.165) is 42.7 Å². The van der Waals surface area contributed by atoms with Crippen LogP contribution in [0.2, 0.25) is 0 Å². The maximum atomic E-state index is 6.20. The lowest BCUT2D eigenvalue weighted by atomic mass is 10.0. The normalized spacial score (nSPS) is 31.9. The summed E-state index contributed by atoms with van der Waals surface area (Å²) >= 11 is 12.3. The molecule has 2 aliphatic heterocycles. The third kappa shape index (κ3) is 2.43. The van der Waals surface area contributed by atoms with E-state index in [9.17, 15) is 0 Å². The lowest BCUT2D eigenvalue weighted by Crippen LogP contribution is -2.43. The van der Waals surface area contributed by atoms with Crippen molar-refractivity contribution in [2.75, 3.05) is 7.05 Å². The molecule has 100 valence electrons. The Bertz CT molecular complexity index is 450. The second-order valence-electron chi connectivity index (χ2n) is 5.05. The first-order chi connectivity index (χ1) is 8.56. The first-order valence-corrected chi connectivity index (χ1v) is 9.27. The fourth-order valence-corrected chi connectivity index (χ4v) is 5.89. The van der Waals surface area contributed by atoms with Gasteiger partial charge in [-0.3, -0.25) is 0 Å². The third-order valence-electron chi connectivity index (χ3n) is 4.06. The maximum absolute atomic E-state index is 6.20. The summed E-state index contributed by atoms with van der Waals surface area (Å²) in [5.41, 5.74) is 0. The van der Waals surface area contributed by atoms with Crippen LogP contribution in [0.3, 0.4) is 0 Å². The van der Waals surface area contributed by atoms with Gasteiger partial charge in [-0.1, -0.05) is 11.3 Å². The second kappa shape index (κ2) is 5.35. The summed E-state index contributed by atoms with van der Waals surface area (Å²) in [5.74, 6) is 0. The van der Waals surface area contributed by atoms with E-state index in [0.29, 0.717) is 6.10 Å². The van der Waals surface area contributed by atoms with E-state index >= 15 is 0 Å². The van der Waals surface area contributed by atoms with Gasteiger partial charge in [-0.05, 0) is 80.5 Å². The van der Waals surface area contributed by atoms with Gasteiger partial charge in [0.25, 0.3) is 0 Å². The van der Waals surface area contributed by atoms with Crippen molar-refractivity contribution < 1.29 is 4.74 Å². The fourth-order valence-electron chi connectivity index (χ4n) is 3.03. The molecule has 3 rings (SSSR count). The minimum atomic E-state index is 0.368. The average Bonchev–Trinajstić information content (AvgIpc) is 2.71. The molecule has 18 heavy (non-hydrogen) atoms. The number of halogens is 3. The van der Waals surface area contributed by atoms with Crippen LogP contribution in [0.4, 0.5) is 0 Å². The van der Waals surface area contributed by atoms with E-state index < -0.39 is 0 Å². The van der Waals surface area contributed by atoms with E-state index in [2.05, 4.69) is 59.7 Å². The van der Waals surface area contributed by atoms with Gasteiger partial charge in [-0.2, -0.15) is 0 Å². The summed E-state index contributed by atoms with van der Waals surface area (Å²) in [4.78, 5) is 2.54. The molecule has 2 aliphatic rings. The lowest BCUT2D eigenvalue weighted by Gasteiger charge is -2.36. The van der Waals surface area contributed by atoms with Gasteiger partial charge in [0.1, 0.15) is 6.10 Å². The molecule has 2 atom stereocenters. The number of thiophene rings is 1. The predicted octanol–water partition coefficient (Wildman–Crippen LogP) is 5.04. The molecule has 2 nitrogen and oxygen atoms in total. The summed E-state index contributed by atoms with van der Waals surface area (Å²) in [6.07, 6.45) is 5.35. The number of nitrogens with zero attached hydrogens (tertiary/aromatic N) is 1. The fraction of sp³-hybridized carbons (Fsp3) is 0.667. The summed E-state index contributed by atoms with van der Waals surface area (Å²) < 4.78 is 9.37. The number of fused-ring (bicyclic) bond motifs is 2. The van der Waals surface area contributed by atoms with Gasteiger partial charge in [0.2, 0.25) is 0 Å². The highest BCUT2D eigenvalue weighted by Gasteiger charge is 2.39. The molecular formula is C12H14Br3NOS. The Balaban J connectivity index is 1.72. The van der Waals surface area contributed by atoms with Gasteiger partial charge in [0.15, 0.2) is 5.06 Å². The topological polar surface area (TPSA) is 12.5 Å². The van der Waals surface area contributed by atoms with Crippen LogP contribution in [-0.2, 0) is 0 Å². The molecule has 0 spiro atoms. The largest absolute Gasteiger partial charge is 0.480 e. The lowest BCUT2D eigenvalue weighted by molar-refractivity contribution is 0.0681. The summed E-state index contributed by atoms with van der Waals surface area (Å²) in [6.45, 7) is 0. The molecule has 1 aromatic heterocycles. The quantitative estimate of drug-likeness (QED) is 0.614. The molecule has 2 fully saturated rings. The Labute approximate surface area is 136 Å². The second-order valence-corrected chi connectivity index (χ2v) is 8.94. The SMILES string of the molecule is CN1C2CCC1CC(Oc1sc(Br)c(Br)c1Br)C2. The zero-order chi connectivity index (χ0) is 12.9. The van der Waals surface area contributed by atoms with Crippen LogP contribution in [0.25, 0.3) is 0 Å². The molecule has 0 saturated carbocycles. The van der Waals surface area contributed by atoms with Gasteiger partial charge >= 0.3 is 0 Å². The highest BCUT2D eigenvalue weighted by atomic mass is 79.9. The Kier molecular flexibility index (Phi) is 4.12. The predicted molar refractivity (Wildman–Crippen MR) is 85.6 cm³/mol. The minimum Gasteiger partial charge on any atom is -0.480 e. The molecule has 3 heterocycles. The molecule has 0 aliphatic carbocycles. The Hall–Kier alpha value is 0.900. The van der Waals surface area contributed by atoms with Crippen LogP contribution in [0.15, 0.2) is 12.7 Å². The number of piperidine rings is 1. The van der Waals surface area contributed by atoms with Gasteiger partial charge < -0.3 is 9.64 Å². The first kappa shape index (κ1) is 13.9. The van der Waals surface area contributed by atoms with E-state index in [1.807, 2.05) is 0 Å². The molecule has 0 aromatic carbocycles. The van der Waals surface area contributed by atoms with Crippen molar-refractivity contribution in [2.24, 2.45) is 0 Å². The zero-order valence-electron chi connectivity index (χ0n) is 9.96. The van der Waals surface area contributed by atoms with Gasteiger partial charge in [-0.15, -0.1) is 0 Å². The van der Waals surface area contributed by atoms with Crippen molar-refractivity contribution in [3.05, 3.63) is 12.7 Å². The Morgan fingerprint density at radius 3 is 2.22 bits per heavy atom. The highest BCUT2D eigenvalue weighted by Crippen LogP contribution is 2.47. The van der Waals surface area contributed by atoms with Crippen LogP contribution < -0.4 is 4.74 Å². The van der Waals surface area contributed by atoms with Crippen LogP contribution in [-0.4, -0.2) is 30.1 Å². The average molecular weight is 460 g/mol. The summed E-state index contributed by atoms with van der Waals surface area (Å²) in [7, 11) is 2.26. The van der Waals surface area contributed by atoms with Crippen molar-refractivity contribution in [2.45, 2.75) is 43.9 Å². The smallest absolute Gasteiger partial charge is 0.190 e. The van der Waals surface area contributed by atoms with E-state index in [1.165, 1.54) is 12.8 Å². The van der Waals surface area contributed by atoms with Gasteiger partial charge in [0.05, 0.1) is 12.7 Å². The highest BCUT2D eigenvalue weighted by molar-refractivity contribution is 9.14.